The summed E-state index contributed by atoms with van der Waals surface area (Å²) in [6.07, 6.45) is 0. The highest BCUT2D eigenvalue weighted by molar-refractivity contribution is 7.98. The first-order valence-corrected chi connectivity index (χ1v) is 8.02. The second-order valence-corrected chi connectivity index (χ2v) is 6.18. The first kappa shape index (κ1) is 15.3. The molecule has 0 spiro atoms. The summed E-state index contributed by atoms with van der Waals surface area (Å²) in [6.45, 7) is 0. The lowest BCUT2D eigenvalue weighted by molar-refractivity contribution is 0.466. The van der Waals surface area contributed by atoms with Gasteiger partial charge in [-0.2, -0.15) is 0 Å². The Morgan fingerprint density at radius 1 is 1.09 bits per heavy atom. The first-order chi connectivity index (χ1) is 10.6. The Morgan fingerprint density at radius 3 is 2.73 bits per heavy atom. The predicted octanol–water partition coefficient (Wildman–Crippen LogP) is 5.47. The number of halogens is 3. The van der Waals surface area contributed by atoms with Crippen LogP contribution >= 0.6 is 35.0 Å². The van der Waals surface area contributed by atoms with Crippen LogP contribution in [-0.2, 0) is 5.75 Å². The van der Waals surface area contributed by atoms with E-state index in [4.69, 9.17) is 27.6 Å². The van der Waals surface area contributed by atoms with Gasteiger partial charge in [0.25, 0.3) is 5.22 Å². The fraction of sp³-hybridized carbons (Fsp3) is 0.0667. The van der Waals surface area contributed by atoms with Crippen LogP contribution < -0.4 is 0 Å². The molecule has 0 saturated carbocycles. The number of rotatable bonds is 4. The topological polar surface area (TPSA) is 38.9 Å². The van der Waals surface area contributed by atoms with Crippen LogP contribution in [0.4, 0.5) is 4.39 Å². The monoisotopic (exact) mass is 354 g/mol. The van der Waals surface area contributed by atoms with Crippen LogP contribution in [0, 0.1) is 5.82 Å². The zero-order valence-corrected chi connectivity index (χ0v) is 13.4. The van der Waals surface area contributed by atoms with Crippen LogP contribution in [0.15, 0.2) is 52.1 Å². The van der Waals surface area contributed by atoms with E-state index < -0.39 is 0 Å². The molecule has 22 heavy (non-hydrogen) atoms. The molecule has 7 heteroatoms. The van der Waals surface area contributed by atoms with Crippen molar-refractivity contribution in [1.82, 2.24) is 10.2 Å². The molecule has 1 aromatic heterocycles. The summed E-state index contributed by atoms with van der Waals surface area (Å²) in [7, 11) is 0. The molecule has 0 aliphatic rings. The van der Waals surface area contributed by atoms with Gasteiger partial charge < -0.3 is 4.42 Å². The average molecular weight is 355 g/mol. The fourth-order valence-corrected chi connectivity index (χ4v) is 3.06. The molecule has 3 rings (SSSR count). The van der Waals surface area contributed by atoms with Crippen LogP contribution in [-0.4, -0.2) is 10.2 Å². The third-order valence-corrected chi connectivity index (χ3v) is 4.30. The highest BCUT2D eigenvalue weighted by Crippen LogP contribution is 2.29. The lowest BCUT2D eigenvalue weighted by Gasteiger charge is -2.01. The zero-order chi connectivity index (χ0) is 15.5. The maximum absolute atomic E-state index is 13.0. The molecule has 0 amide bonds. The Kier molecular flexibility index (Phi) is 4.66. The number of benzene rings is 2. The molecule has 0 aliphatic heterocycles. The molecule has 0 bridgehead atoms. The number of thioether (sulfide) groups is 1. The summed E-state index contributed by atoms with van der Waals surface area (Å²) in [4.78, 5) is 0. The van der Waals surface area contributed by atoms with E-state index in [0.29, 0.717) is 26.9 Å². The maximum atomic E-state index is 13.0. The van der Waals surface area contributed by atoms with Crippen LogP contribution in [0.3, 0.4) is 0 Å². The predicted molar refractivity (Wildman–Crippen MR) is 85.7 cm³/mol. The molecule has 0 aliphatic carbocycles. The Labute approximate surface area is 140 Å². The summed E-state index contributed by atoms with van der Waals surface area (Å²) < 4.78 is 18.6. The van der Waals surface area contributed by atoms with Gasteiger partial charge in [-0.15, -0.1) is 10.2 Å². The Bertz CT molecular complexity index is 810. The van der Waals surface area contributed by atoms with Crippen LogP contribution in [0.1, 0.15) is 5.56 Å². The molecule has 0 saturated heterocycles. The first-order valence-electron chi connectivity index (χ1n) is 6.28. The van der Waals surface area contributed by atoms with Crippen molar-refractivity contribution in [3.8, 4) is 11.5 Å². The van der Waals surface area contributed by atoms with Crippen LogP contribution in [0.5, 0.6) is 0 Å². The summed E-state index contributed by atoms with van der Waals surface area (Å²) in [5, 5.41) is 9.35. The minimum atomic E-state index is -0.361. The standard InChI is InChI=1S/C15H9Cl2FN2OS/c16-11-3-1-2-9(6-11)14-19-20-15(21-14)22-8-10-4-5-12(18)7-13(10)17/h1-7H,8H2. The second-order valence-electron chi connectivity index (χ2n) is 4.41. The van der Waals surface area contributed by atoms with E-state index in [1.807, 2.05) is 12.1 Å². The molecule has 2 aromatic carbocycles. The van der Waals surface area contributed by atoms with Gasteiger partial charge in [0.05, 0.1) is 0 Å². The van der Waals surface area contributed by atoms with Crippen LogP contribution in [0.2, 0.25) is 10.0 Å². The number of hydrogen-bond donors (Lipinski definition) is 0. The van der Waals surface area contributed by atoms with E-state index in [0.717, 1.165) is 11.1 Å². The molecule has 0 N–H and O–H groups in total. The van der Waals surface area contributed by atoms with Gasteiger partial charge in [-0.05, 0) is 35.9 Å². The quantitative estimate of drug-likeness (QED) is 0.582. The number of nitrogens with zero attached hydrogens (tertiary/aromatic N) is 2. The molecule has 0 unspecified atom stereocenters. The molecular formula is C15H9Cl2FN2OS. The van der Waals surface area contributed by atoms with Gasteiger partial charge in [0.2, 0.25) is 5.89 Å². The molecule has 0 atom stereocenters. The summed E-state index contributed by atoms with van der Waals surface area (Å²) >= 11 is 13.2. The van der Waals surface area contributed by atoms with Crippen molar-refractivity contribution in [3.05, 3.63) is 63.9 Å². The fourth-order valence-electron chi connectivity index (χ4n) is 1.78. The third kappa shape index (κ3) is 3.61. The van der Waals surface area contributed by atoms with E-state index in [-0.39, 0.29) is 5.82 Å². The van der Waals surface area contributed by atoms with Crippen molar-refractivity contribution in [2.75, 3.05) is 0 Å². The van der Waals surface area contributed by atoms with Crippen molar-refractivity contribution in [1.29, 1.82) is 0 Å². The largest absolute Gasteiger partial charge is 0.411 e. The molecule has 3 nitrogen and oxygen atoms in total. The summed E-state index contributed by atoms with van der Waals surface area (Å²) in [6, 6.07) is 11.5. The second kappa shape index (κ2) is 6.69. The van der Waals surface area contributed by atoms with Gasteiger partial charge in [0.1, 0.15) is 5.82 Å². The van der Waals surface area contributed by atoms with Crippen molar-refractivity contribution < 1.29 is 8.81 Å². The van der Waals surface area contributed by atoms with Crippen LogP contribution in [0.25, 0.3) is 11.5 Å². The van der Waals surface area contributed by atoms with Gasteiger partial charge in [0, 0.05) is 21.4 Å². The van der Waals surface area contributed by atoms with Gasteiger partial charge in [0.15, 0.2) is 0 Å². The Morgan fingerprint density at radius 2 is 1.95 bits per heavy atom. The SMILES string of the molecule is Fc1ccc(CSc2nnc(-c3cccc(Cl)c3)o2)c(Cl)c1. The third-order valence-electron chi connectivity index (χ3n) is 2.84. The molecule has 0 fully saturated rings. The van der Waals surface area contributed by atoms with E-state index in [1.165, 1.54) is 23.9 Å². The normalized spacial score (nSPS) is 10.9. The molecule has 3 aromatic rings. The van der Waals surface area contributed by atoms with E-state index in [9.17, 15) is 4.39 Å². The van der Waals surface area contributed by atoms with E-state index in [1.54, 1.807) is 18.2 Å². The van der Waals surface area contributed by atoms with Gasteiger partial charge in [-0.1, -0.05) is 47.1 Å². The zero-order valence-electron chi connectivity index (χ0n) is 11.1. The average Bonchev–Trinajstić information content (AvgIpc) is 2.95. The summed E-state index contributed by atoms with van der Waals surface area (Å²) in [5.74, 6) is 0.547. The van der Waals surface area contributed by atoms with E-state index >= 15 is 0 Å². The van der Waals surface area contributed by atoms with Gasteiger partial charge >= 0.3 is 0 Å². The lowest BCUT2D eigenvalue weighted by Crippen LogP contribution is -1.84. The lowest BCUT2D eigenvalue weighted by atomic mass is 10.2. The van der Waals surface area contributed by atoms with Crippen molar-refractivity contribution >= 4 is 35.0 Å². The Hall–Kier alpha value is -1.56. The van der Waals surface area contributed by atoms with E-state index in [2.05, 4.69) is 10.2 Å². The minimum Gasteiger partial charge on any atom is -0.411 e. The van der Waals surface area contributed by atoms with Crippen molar-refractivity contribution in [3.63, 3.8) is 0 Å². The summed E-state index contributed by atoms with van der Waals surface area (Å²) in [5.41, 5.74) is 1.56. The molecular weight excluding hydrogens is 346 g/mol. The highest BCUT2D eigenvalue weighted by atomic mass is 35.5. The molecule has 1 heterocycles. The van der Waals surface area contributed by atoms with Crippen molar-refractivity contribution in [2.24, 2.45) is 0 Å². The molecule has 0 radical (unpaired) electrons. The smallest absolute Gasteiger partial charge is 0.277 e. The number of aromatic nitrogens is 2. The minimum absolute atomic E-state index is 0.361. The number of hydrogen-bond acceptors (Lipinski definition) is 4. The highest BCUT2D eigenvalue weighted by Gasteiger charge is 2.11. The maximum Gasteiger partial charge on any atom is 0.277 e. The Balaban J connectivity index is 1.72. The van der Waals surface area contributed by atoms with Gasteiger partial charge in [-0.25, -0.2) is 4.39 Å². The van der Waals surface area contributed by atoms with Crippen molar-refractivity contribution in [2.45, 2.75) is 11.0 Å². The molecule has 112 valence electrons. The van der Waals surface area contributed by atoms with Gasteiger partial charge in [-0.3, -0.25) is 0 Å².